The van der Waals surface area contributed by atoms with Gasteiger partial charge in [0.15, 0.2) is 0 Å². The number of nitrogens with one attached hydrogen (secondary N) is 1. The van der Waals surface area contributed by atoms with Crippen molar-refractivity contribution in [3.05, 3.63) is 35.7 Å². The van der Waals surface area contributed by atoms with Crippen LogP contribution in [0.15, 0.2) is 23.1 Å². The highest BCUT2D eigenvalue weighted by Crippen LogP contribution is 2.05. The Kier molecular flexibility index (Phi) is 4.49. The molecule has 2 aromatic rings. The van der Waals surface area contributed by atoms with Gasteiger partial charge in [-0.15, -0.1) is 0 Å². The summed E-state index contributed by atoms with van der Waals surface area (Å²) in [4.78, 5) is 4.32. The maximum atomic E-state index is 5.03. The fraction of sp³-hybridized carbons (Fsp3) is 0.500. The van der Waals surface area contributed by atoms with E-state index < -0.39 is 0 Å². The lowest BCUT2D eigenvalue weighted by molar-refractivity contribution is 0.199. The molecule has 0 radical (unpaired) electrons. The topological polar surface area (TPSA) is 65.1 Å². The summed E-state index contributed by atoms with van der Waals surface area (Å²) in [6, 6.07) is 1.93. The Labute approximate surface area is 106 Å². The predicted molar refractivity (Wildman–Crippen MR) is 66.2 cm³/mol. The number of nitrogens with zero attached hydrogens (tertiary/aromatic N) is 3. The zero-order chi connectivity index (χ0) is 12.8. The summed E-state index contributed by atoms with van der Waals surface area (Å²) in [5, 5.41) is 7.20. The third-order valence-corrected chi connectivity index (χ3v) is 2.50. The van der Waals surface area contributed by atoms with E-state index in [0.29, 0.717) is 13.2 Å². The molecule has 2 aromatic heterocycles. The van der Waals surface area contributed by atoms with E-state index in [1.165, 1.54) is 0 Å². The molecule has 6 nitrogen and oxygen atoms in total. The lowest BCUT2D eigenvalue weighted by atomic mass is 10.4. The highest BCUT2D eigenvalue weighted by atomic mass is 16.5. The van der Waals surface area contributed by atoms with Gasteiger partial charge >= 0.3 is 0 Å². The quantitative estimate of drug-likeness (QED) is 0.742. The van der Waals surface area contributed by atoms with Gasteiger partial charge in [0.2, 0.25) is 0 Å². The summed E-state index contributed by atoms with van der Waals surface area (Å²) >= 11 is 0. The maximum absolute atomic E-state index is 5.03. The van der Waals surface area contributed by atoms with Gasteiger partial charge in [-0.2, -0.15) is 0 Å². The molecule has 0 amide bonds. The van der Waals surface area contributed by atoms with E-state index in [9.17, 15) is 0 Å². The first-order valence-electron chi connectivity index (χ1n) is 5.90. The Morgan fingerprint density at radius 3 is 3.06 bits per heavy atom. The number of hydrogen-bond acceptors (Lipinski definition) is 5. The second-order valence-corrected chi connectivity index (χ2v) is 4.14. The molecule has 18 heavy (non-hydrogen) atoms. The van der Waals surface area contributed by atoms with E-state index >= 15 is 0 Å². The molecule has 0 bridgehead atoms. The van der Waals surface area contributed by atoms with Crippen LogP contribution in [-0.2, 0) is 17.8 Å². The molecule has 0 unspecified atom stereocenters. The van der Waals surface area contributed by atoms with Crippen LogP contribution in [0.1, 0.15) is 17.1 Å². The number of aryl methyl sites for hydroxylation is 1. The summed E-state index contributed by atoms with van der Waals surface area (Å²) < 4.78 is 12.0. The van der Waals surface area contributed by atoms with Crippen molar-refractivity contribution in [1.82, 2.24) is 20.0 Å². The fourth-order valence-electron chi connectivity index (χ4n) is 1.65. The van der Waals surface area contributed by atoms with Gasteiger partial charge in [0.05, 0.1) is 25.2 Å². The minimum atomic E-state index is 0.683. The zero-order valence-electron chi connectivity index (χ0n) is 10.7. The predicted octanol–water partition coefficient (Wildman–Crippen LogP) is 0.964. The second-order valence-electron chi connectivity index (χ2n) is 4.14. The van der Waals surface area contributed by atoms with Crippen molar-refractivity contribution < 1.29 is 9.26 Å². The second kappa shape index (κ2) is 6.32. The normalized spacial score (nSPS) is 11.0. The van der Waals surface area contributed by atoms with Gasteiger partial charge in [-0.25, -0.2) is 4.98 Å². The molecule has 1 N–H and O–H groups in total. The summed E-state index contributed by atoms with van der Waals surface area (Å²) in [5.41, 5.74) is 1.91. The number of aromatic nitrogens is 3. The molecule has 2 heterocycles. The van der Waals surface area contributed by atoms with E-state index in [0.717, 1.165) is 30.2 Å². The van der Waals surface area contributed by atoms with Gasteiger partial charge in [0.1, 0.15) is 11.5 Å². The molecule has 2 rings (SSSR count). The maximum Gasteiger partial charge on any atom is 0.133 e. The Hall–Kier alpha value is -1.66. The highest BCUT2D eigenvalue weighted by molar-refractivity contribution is 5.06. The summed E-state index contributed by atoms with van der Waals surface area (Å²) in [5.74, 6) is 0.826. The van der Waals surface area contributed by atoms with E-state index in [2.05, 4.69) is 15.5 Å². The van der Waals surface area contributed by atoms with Crippen molar-refractivity contribution in [3.8, 4) is 0 Å². The summed E-state index contributed by atoms with van der Waals surface area (Å²) in [7, 11) is 1.69. The highest BCUT2D eigenvalue weighted by Gasteiger charge is 2.03. The number of rotatable bonds is 7. The molecule has 6 heteroatoms. The van der Waals surface area contributed by atoms with Gasteiger partial charge in [0.25, 0.3) is 0 Å². The van der Waals surface area contributed by atoms with Crippen molar-refractivity contribution in [2.75, 3.05) is 20.3 Å². The van der Waals surface area contributed by atoms with Crippen LogP contribution in [0.2, 0.25) is 0 Å². The van der Waals surface area contributed by atoms with Crippen LogP contribution in [0.4, 0.5) is 0 Å². The van der Waals surface area contributed by atoms with Crippen LogP contribution in [0, 0.1) is 6.92 Å². The average molecular weight is 250 g/mol. The van der Waals surface area contributed by atoms with E-state index in [-0.39, 0.29) is 0 Å². The first-order valence-corrected chi connectivity index (χ1v) is 5.90. The van der Waals surface area contributed by atoms with Crippen molar-refractivity contribution in [3.63, 3.8) is 0 Å². The van der Waals surface area contributed by atoms with E-state index in [1.54, 1.807) is 13.4 Å². The van der Waals surface area contributed by atoms with Gasteiger partial charge in [-0.05, 0) is 6.92 Å². The van der Waals surface area contributed by atoms with Crippen molar-refractivity contribution in [1.29, 1.82) is 0 Å². The van der Waals surface area contributed by atoms with Crippen LogP contribution >= 0.6 is 0 Å². The Morgan fingerprint density at radius 1 is 1.44 bits per heavy atom. The largest absolute Gasteiger partial charge is 0.383 e. The van der Waals surface area contributed by atoms with Crippen molar-refractivity contribution >= 4 is 0 Å². The number of methoxy groups -OCH3 is 1. The molecule has 0 fully saturated rings. The molecule has 0 saturated carbocycles. The molecule has 98 valence electrons. The lowest BCUT2D eigenvalue weighted by Gasteiger charge is -2.00. The Bertz CT molecular complexity index is 478. The van der Waals surface area contributed by atoms with E-state index in [4.69, 9.17) is 9.26 Å². The van der Waals surface area contributed by atoms with Crippen LogP contribution in [-0.4, -0.2) is 35.0 Å². The first-order chi connectivity index (χ1) is 8.78. The fourth-order valence-corrected chi connectivity index (χ4v) is 1.65. The summed E-state index contributed by atoms with van der Waals surface area (Å²) in [6.07, 6.45) is 3.81. The first kappa shape index (κ1) is 12.8. The van der Waals surface area contributed by atoms with Gasteiger partial charge in [0, 0.05) is 32.5 Å². The van der Waals surface area contributed by atoms with Crippen LogP contribution in [0.25, 0.3) is 0 Å². The minimum Gasteiger partial charge on any atom is -0.383 e. The van der Waals surface area contributed by atoms with Gasteiger partial charge in [-0.3, -0.25) is 0 Å². The smallest absolute Gasteiger partial charge is 0.133 e. The van der Waals surface area contributed by atoms with Gasteiger partial charge in [-0.1, -0.05) is 5.16 Å². The standard InChI is InChI=1S/C12H18N4O2/c1-10-5-11(15-18-10)7-16-8-12(14-9-16)6-13-3-4-17-2/h5,8-9,13H,3-4,6-7H2,1-2H3. The number of imidazole rings is 1. The molecule has 0 aliphatic carbocycles. The molecular formula is C12H18N4O2. The minimum absolute atomic E-state index is 0.683. The molecule has 0 spiro atoms. The van der Waals surface area contributed by atoms with Crippen molar-refractivity contribution in [2.24, 2.45) is 0 Å². The molecule has 0 saturated heterocycles. The van der Waals surface area contributed by atoms with Crippen LogP contribution in [0.3, 0.4) is 0 Å². The molecule has 0 aliphatic heterocycles. The van der Waals surface area contributed by atoms with Crippen LogP contribution < -0.4 is 5.32 Å². The third kappa shape index (κ3) is 3.68. The lowest BCUT2D eigenvalue weighted by Crippen LogP contribution is -2.18. The SMILES string of the molecule is COCCNCc1cn(Cc2cc(C)on2)cn1. The molecular weight excluding hydrogens is 232 g/mol. The number of hydrogen-bond donors (Lipinski definition) is 1. The molecule has 0 atom stereocenters. The average Bonchev–Trinajstić information content (AvgIpc) is 2.95. The zero-order valence-corrected chi connectivity index (χ0v) is 10.7. The molecule has 0 aliphatic rings. The Balaban J connectivity index is 1.82. The van der Waals surface area contributed by atoms with E-state index in [1.807, 2.05) is 23.8 Å². The van der Waals surface area contributed by atoms with Crippen molar-refractivity contribution in [2.45, 2.75) is 20.0 Å². The summed E-state index contributed by atoms with van der Waals surface area (Å²) in [6.45, 7) is 4.84. The molecule has 0 aromatic carbocycles. The monoisotopic (exact) mass is 250 g/mol. The number of ether oxygens (including phenoxy) is 1. The van der Waals surface area contributed by atoms with Gasteiger partial charge < -0.3 is 19.1 Å². The third-order valence-electron chi connectivity index (χ3n) is 2.50. The Morgan fingerprint density at radius 2 is 2.33 bits per heavy atom. The van der Waals surface area contributed by atoms with Crippen LogP contribution in [0.5, 0.6) is 0 Å².